The number of anilines is 1. The van der Waals surface area contributed by atoms with Crippen molar-refractivity contribution in [3.63, 3.8) is 0 Å². The van der Waals surface area contributed by atoms with E-state index in [4.69, 9.17) is 20.9 Å². The highest BCUT2D eigenvalue weighted by Crippen LogP contribution is 2.20. The highest BCUT2D eigenvalue weighted by atomic mass is 35.5. The lowest BCUT2D eigenvalue weighted by Gasteiger charge is -2.04. The van der Waals surface area contributed by atoms with Crippen LogP contribution in [0.25, 0.3) is 11.3 Å². The van der Waals surface area contributed by atoms with Crippen LogP contribution in [0.3, 0.4) is 0 Å². The minimum atomic E-state index is -0.350. The molecular formula is C17H13ClFN3O3. The lowest BCUT2D eigenvalue weighted by Crippen LogP contribution is -2.18. The molecule has 3 aromatic rings. The minimum absolute atomic E-state index is 0.103. The van der Waals surface area contributed by atoms with Gasteiger partial charge >= 0.3 is 0 Å². The van der Waals surface area contributed by atoms with E-state index in [-0.39, 0.29) is 24.9 Å². The zero-order valence-corrected chi connectivity index (χ0v) is 13.7. The maximum Gasteiger partial charge on any atom is 0.251 e. The Kier molecular flexibility index (Phi) is 5.37. The summed E-state index contributed by atoms with van der Waals surface area (Å²) in [5, 5.41) is 6.92. The summed E-state index contributed by atoms with van der Waals surface area (Å²) < 4.78 is 23.4. The van der Waals surface area contributed by atoms with Crippen LogP contribution in [-0.2, 0) is 16.1 Å². The predicted molar refractivity (Wildman–Crippen MR) is 89.4 cm³/mol. The normalized spacial score (nSPS) is 10.6. The van der Waals surface area contributed by atoms with E-state index in [0.29, 0.717) is 27.9 Å². The zero-order chi connectivity index (χ0) is 17.6. The molecule has 0 spiro atoms. The van der Waals surface area contributed by atoms with Gasteiger partial charge in [-0.3, -0.25) is 4.79 Å². The van der Waals surface area contributed by atoms with Crippen LogP contribution < -0.4 is 5.32 Å². The Bertz CT molecular complexity index is 850. The second-order valence-corrected chi connectivity index (χ2v) is 5.53. The molecule has 0 unspecified atom stereocenters. The van der Waals surface area contributed by atoms with Crippen LogP contribution in [0.4, 0.5) is 10.2 Å². The first kappa shape index (κ1) is 17.1. The number of ether oxygens (including phenoxy) is 1. The van der Waals surface area contributed by atoms with Gasteiger partial charge in [-0.15, -0.1) is 0 Å². The summed E-state index contributed by atoms with van der Waals surface area (Å²) in [6.45, 7) is -0.0603. The third-order valence-corrected chi connectivity index (χ3v) is 3.39. The van der Waals surface area contributed by atoms with E-state index < -0.39 is 0 Å². The van der Waals surface area contributed by atoms with Gasteiger partial charge in [-0.1, -0.05) is 16.8 Å². The van der Waals surface area contributed by atoms with E-state index in [1.54, 1.807) is 30.3 Å². The standard InChI is InChI=1S/C17H13ClFN3O3/c18-12-3-6-16(20-8-12)21-17(23)10-24-9-14-7-15(25-22-14)11-1-4-13(19)5-2-11/h1-8H,9-10H2,(H,20,21,23). The van der Waals surface area contributed by atoms with Crippen LogP contribution in [0.15, 0.2) is 53.2 Å². The van der Waals surface area contributed by atoms with Crippen molar-refractivity contribution in [1.82, 2.24) is 10.1 Å². The van der Waals surface area contributed by atoms with Crippen molar-refractivity contribution in [3.05, 3.63) is 65.2 Å². The van der Waals surface area contributed by atoms with Gasteiger partial charge in [0.05, 0.1) is 11.6 Å². The summed E-state index contributed by atoms with van der Waals surface area (Å²) in [4.78, 5) is 15.7. The lowest BCUT2D eigenvalue weighted by molar-refractivity contribution is -0.121. The van der Waals surface area contributed by atoms with Crippen molar-refractivity contribution in [2.24, 2.45) is 0 Å². The number of rotatable bonds is 6. The largest absolute Gasteiger partial charge is 0.365 e. The molecule has 8 heteroatoms. The van der Waals surface area contributed by atoms with Crippen LogP contribution in [0, 0.1) is 5.82 Å². The third-order valence-electron chi connectivity index (χ3n) is 3.17. The molecular weight excluding hydrogens is 349 g/mol. The Balaban J connectivity index is 1.48. The summed E-state index contributed by atoms with van der Waals surface area (Å²) in [5.41, 5.74) is 1.23. The smallest absolute Gasteiger partial charge is 0.251 e. The Morgan fingerprint density at radius 2 is 2.04 bits per heavy atom. The summed E-state index contributed by atoms with van der Waals surface area (Å²) in [6, 6.07) is 10.7. The average molecular weight is 362 g/mol. The minimum Gasteiger partial charge on any atom is -0.365 e. The van der Waals surface area contributed by atoms with Gasteiger partial charge in [0, 0.05) is 17.8 Å². The summed E-state index contributed by atoms with van der Waals surface area (Å²) >= 11 is 5.72. The molecule has 1 N–H and O–H groups in total. The molecule has 25 heavy (non-hydrogen) atoms. The monoisotopic (exact) mass is 361 g/mol. The third kappa shape index (κ3) is 4.85. The second-order valence-electron chi connectivity index (χ2n) is 5.09. The van der Waals surface area contributed by atoms with Crippen LogP contribution >= 0.6 is 11.6 Å². The Morgan fingerprint density at radius 1 is 1.24 bits per heavy atom. The molecule has 0 aliphatic rings. The number of hydrogen-bond donors (Lipinski definition) is 1. The Hall–Kier alpha value is -2.77. The van der Waals surface area contributed by atoms with E-state index in [1.165, 1.54) is 18.3 Å². The first-order valence-corrected chi connectivity index (χ1v) is 7.68. The number of benzene rings is 1. The van der Waals surface area contributed by atoms with Crippen molar-refractivity contribution in [1.29, 1.82) is 0 Å². The molecule has 0 fully saturated rings. The number of carbonyl (C=O) groups is 1. The number of aromatic nitrogens is 2. The van der Waals surface area contributed by atoms with E-state index in [1.807, 2.05) is 0 Å². The molecule has 0 aliphatic carbocycles. The predicted octanol–water partition coefficient (Wildman–Crippen LogP) is 3.68. The van der Waals surface area contributed by atoms with Crippen molar-refractivity contribution < 1.29 is 18.4 Å². The van der Waals surface area contributed by atoms with Crippen LogP contribution in [0.2, 0.25) is 5.02 Å². The first-order valence-electron chi connectivity index (χ1n) is 7.31. The second kappa shape index (κ2) is 7.87. The van der Waals surface area contributed by atoms with Gasteiger partial charge in [-0.2, -0.15) is 0 Å². The van der Waals surface area contributed by atoms with Crippen molar-refractivity contribution >= 4 is 23.3 Å². The highest BCUT2D eigenvalue weighted by Gasteiger charge is 2.09. The fourth-order valence-corrected chi connectivity index (χ4v) is 2.12. The van der Waals surface area contributed by atoms with Crippen LogP contribution in [0.5, 0.6) is 0 Å². The molecule has 2 aromatic heterocycles. The van der Waals surface area contributed by atoms with Crippen molar-refractivity contribution in [2.45, 2.75) is 6.61 Å². The number of nitrogens with one attached hydrogen (secondary N) is 1. The summed E-state index contributed by atoms with van der Waals surface area (Å²) in [5.74, 6) is 0.205. The molecule has 0 saturated carbocycles. The van der Waals surface area contributed by atoms with Crippen molar-refractivity contribution in [2.75, 3.05) is 11.9 Å². The number of carbonyl (C=O) groups excluding carboxylic acids is 1. The fourth-order valence-electron chi connectivity index (χ4n) is 2.01. The Labute approximate surface area is 147 Å². The van der Waals surface area contributed by atoms with Gasteiger partial charge in [-0.05, 0) is 36.4 Å². The molecule has 0 bridgehead atoms. The van der Waals surface area contributed by atoms with Crippen LogP contribution in [0.1, 0.15) is 5.69 Å². The molecule has 0 radical (unpaired) electrons. The SMILES string of the molecule is O=C(COCc1cc(-c2ccc(F)cc2)on1)Nc1ccc(Cl)cn1. The number of amides is 1. The number of halogens is 2. The first-order chi connectivity index (χ1) is 12.1. The molecule has 6 nitrogen and oxygen atoms in total. The number of nitrogens with zero attached hydrogens (tertiary/aromatic N) is 2. The van der Waals surface area contributed by atoms with E-state index in [9.17, 15) is 9.18 Å². The molecule has 0 atom stereocenters. The molecule has 0 saturated heterocycles. The molecule has 1 amide bonds. The average Bonchev–Trinajstić information content (AvgIpc) is 3.06. The summed E-state index contributed by atoms with van der Waals surface area (Å²) in [6.07, 6.45) is 1.43. The maximum absolute atomic E-state index is 12.9. The molecule has 3 rings (SSSR count). The van der Waals surface area contributed by atoms with E-state index in [2.05, 4.69) is 15.5 Å². The van der Waals surface area contributed by atoms with Crippen molar-refractivity contribution in [3.8, 4) is 11.3 Å². The zero-order valence-electron chi connectivity index (χ0n) is 12.9. The topological polar surface area (TPSA) is 77.2 Å². The molecule has 128 valence electrons. The van der Waals surface area contributed by atoms with Gasteiger partial charge in [0.15, 0.2) is 5.76 Å². The van der Waals surface area contributed by atoms with Gasteiger partial charge in [0.2, 0.25) is 0 Å². The summed E-state index contributed by atoms with van der Waals surface area (Å²) in [7, 11) is 0. The molecule has 0 aliphatic heterocycles. The van der Waals surface area contributed by atoms with Gasteiger partial charge < -0.3 is 14.6 Å². The van der Waals surface area contributed by atoms with Crippen LogP contribution in [-0.4, -0.2) is 22.7 Å². The van der Waals surface area contributed by atoms with Gasteiger partial charge in [0.25, 0.3) is 5.91 Å². The maximum atomic E-state index is 12.9. The van der Waals surface area contributed by atoms with E-state index in [0.717, 1.165) is 0 Å². The number of hydrogen-bond acceptors (Lipinski definition) is 5. The van der Waals surface area contributed by atoms with Gasteiger partial charge in [0.1, 0.15) is 23.9 Å². The molecule has 1 aromatic carbocycles. The number of pyridine rings is 1. The lowest BCUT2D eigenvalue weighted by atomic mass is 10.1. The van der Waals surface area contributed by atoms with Gasteiger partial charge in [-0.25, -0.2) is 9.37 Å². The van der Waals surface area contributed by atoms with E-state index >= 15 is 0 Å². The quantitative estimate of drug-likeness (QED) is 0.724. The fraction of sp³-hybridized carbons (Fsp3) is 0.118. The Morgan fingerprint density at radius 3 is 2.76 bits per heavy atom. The molecule has 2 heterocycles. The highest BCUT2D eigenvalue weighted by molar-refractivity contribution is 6.30.